The predicted molar refractivity (Wildman–Crippen MR) is 58.3 cm³/mol. The molecule has 0 amide bonds. The lowest BCUT2D eigenvalue weighted by molar-refractivity contribution is 0.169. The van der Waals surface area contributed by atoms with Gasteiger partial charge in [-0.15, -0.1) is 0 Å². The van der Waals surface area contributed by atoms with Crippen LogP contribution in [0.5, 0.6) is 0 Å². The Morgan fingerprint density at radius 1 is 1.53 bits per heavy atom. The third-order valence-electron chi connectivity index (χ3n) is 2.13. The lowest BCUT2D eigenvalue weighted by Gasteiger charge is -2.11. The van der Waals surface area contributed by atoms with Crippen LogP contribution in [0.3, 0.4) is 0 Å². The van der Waals surface area contributed by atoms with Crippen molar-refractivity contribution in [3.05, 3.63) is 29.6 Å². The summed E-state index contributed by atoms with van der Waals surface area (Å²) in [6, 6.07) is 3.62. The number of nitrogens with zero attached hydrogens (tertiary/aromatic N) is 1. The minimum atomic E-state index is -3.03. The van der Waals surface area contributed by atoms with Crippen LogP contribution in [0.25, 0.3) is 0 Å². The molecular formula is C10H15NO3S. The molecule has 0 aromatic carbocycles. The summed E-state index contributed by atoms with van der Waals surface area (Å²) in [5.74, 6) is -0.0236. The van der Waals surface area contributed by atoms with Crippen molar-refractivity contribution in [2.24, 2.45) is 0 Å². The highest BCUT2D eigenvalue weighted by atomic mass is 32.2. The van der Waals surface area contributed by atoms with E-state index in [9.17, 15) is 13.5 Å². The lowest BCUT2D eigenvalue weighted by Crippen LogP contribution is -2.10. The Bertz CT molecular complexity index is 428. The molecule has 84 valence electrons. The molecule has 1 aromatic heterocycles. The van der Waals surface area contributed by atoms with Crippen molar-refractivity contribution >= 4 is 9.84 Å². The Balaban J connectivity index is 2.70. The van der Waals surface area contributed by atoms with Gasteiger partial charge in [0.25, 0.3) is 0 Å². The van der Waals surface area contributed by atoms with Gasteiger partial charge in [-0.2, -0.15) is 0 Å². The molecule has 0 fully saturated rings. The van der Waals surface area contributed by atoms with Crippen LogP contribution < -0.4 is 0 Å². The van der Waals surface area contributed by atoms with Crippen molar-refractivity contribution in [2.45, 2.75) is 19.4 Å². The standard InChI is InChI=1S/C10H15NO3S/c1-8-4-3-6-11-10(8)9(12)5-7-15(2,13)14/h3-4,6,9,12H,5,7H2,1-2H3. The normalized spacial score (nSPS) is 13.8. The predicted octanol–water partition coefficient (Wildman–Crippen LogP) is 0.858. The van der Waals surface area contributed by atoms with Crippen LogP contribution in [-0.4, -0.2) is 30.5 Å². The molecule has 0 saturated heterocycles. The number of pyridine rings is 1. The molecule has 1 heterocycles. The van der Waals surface area contributed by atoms with Crippen LogP contribution in [0.4, 0.5) is 0 Å². The first kappa shape index (κ1) is 12.1. The van der Waals surface area contributed by atoms with Crippen LogP contribution in [0.2, 0.25) is 0 Å². The number of aliphatic hydroxyl groups is 1. The van der Waals surface area contributed by atoms with Gasteiger partial charge in [-0.1, -0.05) is 6.07 Å². The highest BCUT2D eigenvalue weighted by Gasteiger charge is 2.14. The van der Waals surface area contributed by atoms with Gasteiger partial charge < -0.3 is 5.11 Å². The second-order valence-corrected chi connectivity index (χ2v) is 5.90. The van der Waals surface area contributed by atoms with E-state index in [1.54, 1.807) is 12.3 Å². The van der Waals surface area contributed by atoms with Gasteiger partial charge in [-0.3, -0.25) is 4.98 Å². The van der Waals surface area contributed by atoms with Crippen LogP contribution in [-0.2, 0) is 9.84 Å². The zero-order valence-electron chi connectivity index (χ0n) is 8.84. The highest BCUT2D eigenvalue weighted by Crippen LogP contribution is 2.17. The maximum Gasteiger partial charge on any atom is 0.147 e. The van der Waals surface area contributed by atoms with Crippen LogP contribution in [0.1, 0.15) is 23.8 Å². The second-order valence-electron chi connectivity index (χ2n) is 3.64. The summed E-state index contributed by atoms with van der Waals surface area (Å²) in [5, 5.41) is 9.74. The van der Waals surface area contributed by atoms with E-state index in [4.69, 9.17) is 0 Å². The number of hydrogen-bond acceptors (Lipinski definition) is 4. The van der Waals surface area contributed by atoms with Crippen LogP contribution in [0.15, 0.2) is 18.3 Å². The summed E-state index contributed by atoms with van der Waals surface area (Å²) in [5.41, 5.74) is 1.43. The monoisotopic (exact) mass is 229 g/mol. The molecule has 1 N–H and O–H groups in total. The number of aromatic nitrogens is 1. The van der Waals surface area contributed by atoms with Crippen molar-refractivity contribution in [2.75, 3.05) is 12.0 Å². The fourth-order valence-corrected chi connectivity index (χ4v) is 1.96. The number of aryl methyl sites for hydroxylation is 1. The largest absolute Gasteiger partial charge is 0.387 e. The smallest absolute Gasteiger partial charge is 0.147 e. The molecular weight excluding hydrogens is 214 g/mol. The minimum absolute atomic E-state index is 0.0236. The molecule has 0 bridgehead atoms. The van der Waals surface area contributed by atoms with Gasteiger partial charge in [0.05, 0.1) is 17.6 Å². The number of rotatable bonds is 4. The molecule has 0 saturated carbocycles. The van der Waals surface area contributed by atoms with Crippen molar-refractivity contribution in [3.63, 3.8) is 0 Å². The van der Waals surface area contributed by atoms with Crippen molar-refractivity contribution < 1.29 is 13.5 Å². The first-order valence-electron chi connectivity index (χ1n) is 4.67. The Morgan fingerprint density at radius 2 is 2.20 bits per heavy atom. The maximum atomic E-state index is 10.9. The Labute approximate surface area is 89.9 Å². The average molecular weight is 229 g/mol. The van der Waals surface area contributed by atoms with E-state index in [0.29, 0.717) is 5.69 Å². The Hall–Kier alpha value is -0.940. The average Bonchev–Trinajstić information content (AvgIpc) is 2.14. The molecule has 1 aromatic rings. The quantitative estimate of drug-likeness (QED) is 0.831. The summed E-state index contributed by atoms with van der Waals surface area (Å²) in [6.07, 6.45) is 2.13. The van der Waals surface area contributed by atoms with Gasteiger partial charge in [0.1, 0.15) is 9.84 Å². The first-order chi connectivity index (χ1) is 6.90. The summed E-state index contributed by atoms with van der Waals surface area (Å²) in [4.78, 5) is 4.03. The molecule has 0 radical (unpaired) electrons. The van der Waals surface area contributed by atoms with Gasteiger partial charge in [0.2, 0.25) is 0 Å². The van der Waals surface area contributed by atoms with Crippen molar-refractivity contribution in [1.29, 1.82) is 0 Å². The fourth-order valence-electron chi connectivity index (χ4n) is 1.31. The van der Waals surface area contributed by atoms with Gasteiger partial charge in [-0.05, 0) is 25.0 Å². The van der Waals surface area contributed by atoms with E-state index in [0.717, 1.165) is 11.8 Å². The second kappa shape index (κ2) is 4.72. The van der Waals surface area contributed by atoms with E-state index >= 15 is 0 Å². The minimum Gasteiger partial charge on any atom is -0.387 e. The summed E-state index contributed by atoms with van der Waals surface area (Å²) >= 11 is 0. The van der Waals surface area contributed by atoms with E-state index in [-0.39, 0.29) is 12.2 Å². The molecule has 0 aliphatic carbocycles. The SMILES string of the molecule is Cc1cccnc1C(O)CCS(C)(=O)=O. The number of hydrogen-bond donors (Lipinski definition) is 1. The van der Waals surface area contributed by atoms with Crippen LogP contribution in [0, 0.1) is 6.92 Å². The topological polar surface area (TPSA) is 67.3 Å². The van der Waals surface area contributed by atoms with E-state index in [2.05, 4.69) is 4.98 Å². The maximum absolute atomic E-state index is 10.9. The molecule has 1 atom stereocenters. The van der Waals surface area contributed by atoms with E-state index < -0.39 is 15.9 Å². The van der Waals surface area contributed by atoms with Crippen molar-refractivity contribution in [1.82, 2.24) is 4.98 Å². The Morgan fingerprint density at radius 3 is 2.73 bits per heavy atom. The van der Waals surface area contributed by atoms with Gasteiger partial charge in [0, 0.05) is 12.5 Å². The number of aliphatic hydroxyl groups excluding tert-OH is 1. The molecule has 1 rings (SSSR count). The highest BCUT2D eigenvalue weighted by molar-refractivity contribution is 7.90. The van der Waals surface area contributed by atoms with Gasteiger partial charge >= 0.3 is 0 Å². The first-order valence-corrected chi connectivity index (χ1v) is 6.73. The third-order valence-corrected chi connectivity index (χ3v) is 3.10. The zero-order chi connectivity index (χ0) is 11.5. The number of sulfone groups is 1. The molecule has 15 heavy (non-hydrogen) atoms. The van der Waals surface area contributed by atoms with Crippen molar-refractivity contribution in [3.8, 4) is 0 Å². The fraction of sp³-hybridized carbons (Fsp3) is 0.500. The molecule has 0 spiro atoms. The Kier molecular flexibility index (Phi) is 3.82. The summed E-state index contributed by atoms with van der Waals surface area (Å²) in [6.45, 7) is 1.84. The molecule has 4 nitrogen and oxygen atoms in total. The van der Waals surface area contributed by atoms with Gasteiger partial charge in [-0.25, -0.2) is 8.42 Å². The van der Waals surface area contributed by atoms with E-state index in [1.165, 1.54) is 0 Å². The molecule has 1 unspecified atom stereocenters. The molecule has 0 aliphatic rings. The summed E-state index contributed by atoms with van der Waals surface area (Å²) in [7, 11) is -3.03. The molecule has 0 aliphatic heterocycles. The summed E-state index contributed by atoms with van der Waals surface area (Å²) < 4.78 is 21.8. The van der Waals surface area contributed by atoms with Crippen LogP contribution >= 0.6 is 0 Å². The lowest BCUT2D eigenvalue weighted by atomic mass is 10.1. The zero-order valence-corrected chi connectivity index (χ0v) is 9.66. The van der Waals surface area contributed by atoms with E-state index in [1.807, 2.05) is 13.0 Å². The van der Waals surface area contributed by atoms with Gasteiger partial charge in [0.15, 0.2) is 0 Å². The third kappa shape index (κ3) is 3.97. The molecule has 5 heteroatoms.